The van der Waals surface area contributed by atoms with Crippen molar-refractivity contribution in [3.8, 4) is 0 Å². The predicted molar refractivity (Wildman–Crippen MR) is 267 cm³/mol. The number of aliphatic hydroxyl groups is 2. The fourth-order valence-electron chi connectivity index (χ4n) is 7.74. The number of hydrogen-bond acceptors (Lipinski definition) is 3. The second kappa shape index (κ2) is 51.2. The summed E-state index contributed by atoms with van der Waals surface area (Å²) in [7, 11) is 0. The van der Waals surface area contributed by atoms with E-state index in [0.29, 0.717) is 6.42 Å². The molecule has 0 fully saturated rings. The maximum absolute atomic E-state index is 12.4. The Morgan fingerprint density at radius 3 is 1.10 bits per heavy atom. The Morgan fingerprint density at radius 1 is 0.417 bits per heavy atom. The molecule has 4 heteroatoms. The van der Waals surface area contributed by atoms with Gasteiger partial charge in [0.05, 0.1) is 18.8 Å². The van der Waals surface area contributed by atoms with Gasteiger partial charge in [-0.2, -0.15) is 0 Å². The molecule has 0 saturated heterocycles. The summed E-state index contributed by atoms with van der Waals surface area (Å²) in [6, 6.07) is -0.619. The molecule has 0 aliphatic carbocycles. The van der Waals surface area contributed by atoms with Crippen molar-refractivity contribution in [1.82, 2.24) is 5.32 Å². The first-order valence-electron chi connectivity index (χ1n) is 26.2. The largest absolute Gasteiger partial charge is 0.394 e. The van der Waals surface area contributed by atoms with E-state index in [1.54, 1.807) is 6.08 Å². The van der Waals surface area contributed by atoms with Crippen molar-refractivity contribution in [2.75, 3.05) is 6.61 Å². The van der Waals surface area contributed by atoms with E-state index in [9.17, 15) is 15.0 Å². The van der Waals surface area contributed by atoms with Crippen LogP contribution in [0.5, 0.6) is 0 Å². The van der Waals surface area contributed by atoms with Gasteiger partial charge in [0.15, 0.2) is 0 Å². The summed E-state index contributed by atoms with van der Waals surface area (Å²) in [6.45, 7) is 4.17. The molecule has 0 saturated carbocycles. The minimum absolute atomic E-state index is 0.0648. The Labute approximate surface area is 374 Å². The number of carbonyl (C=O) groups is 1. The molecule has 0 aliphatic rings. The fourth-order valence-corrected chi connectivity index (χ4v) is 7.74. The molecule has 2 atom stereocenters. The molecule has 0 heterocycles. The molecule has 0 spiro atoms. The van der Waals surface area contributed by atoms with Crippen LogP contribution in [0.15, 0.2) is 72.9 Å². The summed E-state index contributed by atoms with van der Waals surface area (Å²) >= 11 is 0. The average Bonchev–Trinajstić information content (AvgIpc) is 3.25. The Balaban J connectivity index is 3.39. The van der Waals surface area contributed by atoms with Gasteiger partial charge in [-0.05, 0) is 64.2 Å². The highest BCUT2D eigenvalue weighted by atomic mass is 16.3. The topological polar surface area (TPSA) is 69.6 Å². The maximum Gasteiger partial charge on any atom is 0.220 e. The van der Waals surface area contributed by atoms with Crippen molar-refractivity contribution in [3.63, 3.8) is 0 Å². The molecule has 0 radical (unpaired) electrons. The van der Waals surface area contributed by atoms with Crippen LogP contribution < -0.4 is 5.32 Å². The summed E-state index contributed by atoms with van der Waals surface area (Å²) in [5.41, 5.74) is 0. The zero-order chi connectivity index (χ0) is 43.5. The third kappa shape index (κ3) is 46.9. The van der Waals surface area contributed by atoms with Crippen molar-refractivity contribution in [1.29, 1.82) is 0 Å². The van der Waals surface area contributed by atoms with Crippen LogP contribution in [0.2, 0.25) is 0 Å². The Kier molecular flexibility index (Phi) is 49.3. The number of carbonyl (C=O) groups excluding carboxylic acids is 1. The lowest BCUT2D eigenvalue weighted by Gasteiger charge is -2.20. The Hall–Kier alpha value is -2.17. The van der Waals surface area contributed by atoms with E-state index in [2.05, 4.69) is 79.9 Å². The van der Waals surface area contributed by atoms with E-state index >= 15 is 0 Å². The molecule has 0 aromatic heterocycles. The fraction of sp³-hybridized carbons (Fsp3) is 0.768. The average molecular weight is 836 g/mol. The second-order valence-electron chi connectivity index (χ2n) is 17.6. The van der Waals surface area contributed by atoms with E-state index in [-0.39, 0.29) is 12.5 Å². The first-order chi connectivity index (χ1) is 29.7. The van der Waals surface area contributed by atoms with Gasteiger partial charge in [-0.25, -0.2) is 0 Å². The van der Waals surface area contributed by atoms with E-state index in [1.807, 2.05) is 6.08 Å². The van der Waals surface area contributed by atoms with Gasteiger partial charge < -0.3 is 15.5 Å². The summed E-state index contributed by atoms with van der Waals surface area (Å²) in [4.78, 5) is 12.4. The summed E-state index contributed by atoms with van der Waals surface area (Å²) in [5, 5.41) is 22.9. The van der Waals surface area contributed by atoms with Gasteiger partial charge in [0.25, 0.3) is 0 Å². The van der Waals surface area contributed by atoms with Gasteiger partial charge >= 0.3 is 0 Å². The highest BCUT2D eigenvalue weighted by molar-refractivity contribution is 5.76. The number of allylic oxidation sites excluding steroid dienone is 11. The van der Waals surface area contributed by atoms with Crippen LogP contribution in [0.25, 0.3) is 0 Å². The van der Waals surface area contributed by atoms with Crippen molar-refractivity contribution < 1.29 is 15.0 Å². The number of aliphatic hydroxyl groups excluding tert-OH is 2. The molecule has 348 valence electrons. The zero-order valence-corrected chi connectivity index (χ0v) is 40.0. The van der Waals surface area contributed by atoms with Crippen molar-refractivity contribution in [2.24, 2.45) is 0 Å². The highest BCUT2D eigenvalue weighted by Crippen LogP contribution is 2.16. The molecule has 60 heavy (non-hydrogen) atoms. The number of hydrogen-bond donors (Lipinski definition) is 3. The normalized spacial score (nSPS) is 13.5. The van der Waals surface area contributed by atoms with E-state index in [4.69, 9.17) is 0 Å². The molecular weight excluding hydrogens is 735 g/mol. The van der Waals surface area contributed by atoms with Crippen molar-refractivity contribution in [2.45, 2.75) is 270 Å². The van der Waals surface area contributed by atoms with Gasteiger partial charge in [-0.1, -0.05) is 260 Å². The van der Waals surface area contributed by atoms with E-state index in [1.165, 1.54) is 180 Å². The van der Waals surface area contributed by atoms with Gasteiger partial charge in [0.1, 0.15) is 0 Å². The molecule has 3 N–H and O–H groups in total. The molecule has 0 rings (SSSR count). The van der Waals surface area contributed by atoms with E-state index < -0.39 is 12.1 Å². The van der Waals surface area contributed by atoms with Crippen LogP contribution in [0.3, 0.4) is 0 Å². The maximum atomic E-state index is 12.4. The standard InChI is InChI=1S/C56H101NO3/c1-3-5-7-9-11-13-14-15-16-17-18-19-20-21-22-23-24-25-26-27-28-29-30-31-32-33-34-35-36-37-38-39-40-41-42-44-46-48-50-52-56(60)57-54(53-58)55(59)51-49-47-45-43-12-10-8-6-4-2/h5,7,11,13,15-16,18-19,21-22,49,51,54-55,58-59H,3-4,6,8-10,12,14,17,20,23-48,50,52-53H2,1-2H3,(H,57,60)/b7-5-,13-11-,16-15-,19-18-,22-21-,51-49+. The number of unbranched alkanes of at least 4 members (excludes halogenated alkanes) is 30. The van der Waals surface area contributed by atoms with Crippen molar-refractivity contribution >= 4 is 5.91 Å². The van der Waals surface area contributed by atoms with Gasteiger partial charge in [-0.3, -0.25) is 4.79 Å². The van der Waals surface area contributed by atoms with Crippen LogP contribution in [-0.4, -0.2) is 34.9 Å². The van der Waals surface area contributed by atoms with Gasteiger partial charge in [0.2, 0.25) is 5.91 Å². The van der Waals surface area contributed by atoms with Crippen LogP contribution in [0, 0.1) is 0 Å². The lowest BCUT2D eigenvalue weighted by atomic mass is 10.0. The van der Waals surface area contributed by atoms with Crippen LogP contribution in [0.1, 0.15) is 258 Å². The lowest BCUT2D eigenvalue weighted by Crippen LogP contribution is -2.45. The molecule has 1 amide bonds. The number of amides is 1. The number of nitrogens with one attached hydrogen (secondary N) is 1. The minimum Gasteiger partial charge on any atom is -0.394 e. The summed E-state index contributed by atoms with van der Waals surface area (Å²) < 4.78 is 0. The van der Waals surface area contributed by atoms with Crippen LogP contribution >= 0.6 is 0 Å². The van der Waals surface area contributed by atoms with Crippen molar-refractivity contribution in [3.05, 3.63) is 72.9 Å². The predicted octanol–water partition coefficient (Wildman–Crippen LogP) is 17.0. The quantitative estimate of drug-likeness (QED) is 0.0422. The number of rotatable bonds is 47. The zero-order valence-electron chi connectivity index (χ0n) is 40.0. The molecule has 0 aliphatic heterocycles. The summed E-state index contributed by atoms with van der Waals surface area (Å²) in [6.07, 6.45) is 73.6. The SMILES string of the molecule is CC/C=C\C/C=C\C/C=C\C/C=C\C/C=C\CCCCCCCCCCCCCCCCCCCCCCCCCC(=O)NC(CO)C(O)/C=C/CCCCCCCCC. The Bertz CT molecular complexity index is 1040. The lowest BCUT2D eigenvalue weighted by molar-refractivity contribution is -0.123. The van der Waals surface area contributed by atoms with Crippen LogP contribution in [0.4, 0.5) is 0 Å². The molecule has 2 unspecified atom stereocenters. The minimum atomic E-state index is -0.836. The third-order valence-corrected chi connectivity index (χ3v) is 11.7. The summed E-state index contributed by atoms with van der Waals surface area (Å²) in [5.74, 6) is -0.0648. The first-order valence-corrected chi connectivity index (χ1v) is 26.2. The van der Waals surface area contributed by atoms with Gasteiger partial charge in [0, 0.05) is 6.42 Å². The van der Waals surface area contributed by atoms with Gasteiger partial charge in [-0.15, -0.1) is 0 Å². The molecular formula is C56H101NO3. The third-order valence-electron chi connectivity index (χ3n) is 11.7. The van der Waals surface area contributed by atoms with Crippen LogP contribution in [-0.2, 0) is 4.79 Å². The second-order valence-corrected chi connectivity index (χ2v) is 17.6. The monoisotopic (exact) mass is 836 g/mol. The Morgan fingerprint density at radius 2 is 0.733 bits per heavy atom. The molecule has 0 aromatic rings. The highest BCUT2D eigenvalue weighted by Gasteiger charge is 2.18. The molecule has 4 nitrogen and oxygen atoms in total. The molecule has 0 bridgehead atoms. The smallest absolute Gasteiger partial charge is 0.220 e. The van der Waals surface area contributed by atoms with E-state index in [0.717, 1.165) is 57.8 Å². The molecule has 0 aromatic carbocycles. The first kappa shape index (κ1) is 57.8.